The van der Waals surface area contributed by atoms with Crippen molar-refractivity contribution in [3.05, 3.63) is 0 Å². The number of rotatable bonds is 2. The van der Waals surface area contributed by atoms with Gasteiger partial charge in [0.1, 0.15) is 11.4 Å². The monoisotopic (exact) mass is 221 g/mol. The first kappa shape index (κ1) is 14.9. The van der Waals surface area contributed by atoms with Gasteiger partial charge in [-0.25, -0.2) is 4.21 Å². The average molecular weight is 221 g/mol. The molecule has 0 aromatic rings. The Labute approximate surface area is 81.6 Å². The van der Waals surface area contributed by atoms with Crippen LogP contribution in [0, 0.1) is 0 Å². The third-order valence-electron chi connectivity index (χ3n) is 0.429. The molecule has 0 radical (unpaired) electrons. The van der Waals surface area contributed by atoms with Gasteiger partial charge in [0.25, 0.3) is 0 Å². The Bertz CT molecular complexity index is 259. The van der Waals surface area contributed by atoms with E-state index in [0.29, 0.717) is 0 Å². The van der Waals surface area contributed by atoms with Crippen LogP contribution in [0.3, 0.4) is 0 Å². The van der Waals surface area contributed by atoms with Crippen molar-refractivity contribution in [2.75, 3.05) is 0 Å². The summed E-state index contributed by atoms with van der Waals surface area (Å²) >= 11 is -3.74. The van der Waals surface area contributed by atoms with Gasteiger partial charge in [0.2, 0.25) is 0 Å². The maximum Gasteiger partial charge on any atom is 1.00 e. The van der Waals surface area contributed by atoms with Gasteiger partial charge in [-0.05, 0) is 0 Å². The van der Waals surface area contributed by atoms with E-state index in [2.05, 4.69) is 3.63 Å². The van der Waals surface area contributed by atoms with Crippen molar-refractivity contribution >= 4 is 21.5 Å². The van der Waals surface area contributed by atoms with Crippen LogP contribution in [0.4, 0.5) is 13.2 Å². The van der Waals surface area contributed by atoms with E-state index in [4.69, 9.17) is 0 Å². The molecule has 0 aromatic carbocycles. The number of hydrogen-bond acceptors (Lipinski definition) is 5. The molecule has 0 aliphatic rings. The molecule has 0 spiro atoms. The normalized spacial score (nSPS) is 15.0. The number of hydrogen-bond donors (Lipinski definition) is 0. The summed E-state index contributed by atoms with van der Waals surface area (Å²) in [6.45, 7) is 0. The molecule has 0 N–H and O–H groups in total. The van der Waals surface area contributed by atoms with Crippen LogP contribution in [0.25, 0.3) is 0 Å². The van der Waals surface area contributed by atoms with E-state index in [0.717, 1.165) is 0 Å². The standard InChI is InChI=1S/CHF3O5S2.Li.H/c2-1(3,4)11(7,8)9-10(5)6;;/h(H,5,6);;/q;+1;-1/p-1. The zero-order valence-electron chi connectivity index (χ0n) is 6.49. The summed E-state index contributed by atoms with van der Waals surface area (Å²) < 4.78 is 74.4. The van der Waals surface area contributed by atoms with Crippen LogP contribution in [-0.2, 0) is 25.1 Å². The van der Waals surface area contributed by atoms with Gasteiger partial charge >= 0.3 is 34.5 Å². The van der Waals surface area contributed by atoms with E-state index in [-0.39, 0.29) is 20.3 Å². The SMILES string of the molecule is O=S([O-])OS(=O)(=O)C(F)(F)F.[H-].[Li+]. The molecule has 0 aliphatic carbocycles. The third kappa shape index (κ3) is 4.44. The van der Waals surface area contributed by atoms with E-state index < -0.39 is 27.0 Å². The molecule has 0 heterocycles. The largest absolute Gasteiger partial charge is 1.00 e. The molecule has 0 rings (SSSR count). The van der Waals surface area contributed by atoms with Crippen molar-refractivity contribution in [1.82, 2.24) is 0 Å². The Balaban J connectivity index is -0.000000500. The zero-order chi connectivity index (χ0) is 9.28. The first-order valence-corrected chi connectivity index (χ1v) is 4.18. The summed E-state index contributed by atoms with van der Waals surface area (Å²) in [6, 6.07) is 0. The van der Waals surface area contributed by atoms with E-state index in [1.807, 2.05) is 0 Å². The predicted molar refractivity (Wildman–Crippen MR) is 26.1 cm³/mol. The molecule has 11 heteroatoms. The molecule has 0 saturated heterocycles. The van der Waals surface area contributed by atoms with E-state index in [9.17, 15) is 30.4 Å². The molecule has 0 saturated carbocycles. The van der Waals surface area contributed by atoms with Crippen molar-refractivity contribution in [3.8, 4) is 0 Å². The van der Waals surface area contributed by atoms with Crippen LogP contribution >= 0.6 is 0 Å². The van der Waals surface area contributed by atoms with Gasteiger partial charge in [0.05, 0.1) is 0 Å². The van der Waals surface area contributed by atoms with Crippen LogP contribution in [-0.4, -0.2) is 22.7 Å². The molecule has 5 nitrogen and oxygen atoms in total. The summed E-state index contributed by atoms with van der Waals surface area (Å²) in [4.78, 5) is 0. The molecule has 0 aromatic heterocycles. The van der Waals surface area contributed by atoms with Crippen molar-refractivity contribution < 1.29 is 54.3 Å². The van der Waals surface area contributed by atoms with Gasteiger partial charge in [0.15, 0.2) is 0 Å². The predicted octanol–water partition coefficient (Wildman–Crippen LogP) is -3.24. The fourth-order valence-electron chi connectivity index (χ4n) is 0.112. The topological polar surface area (TPSA) is 83.5 Å². The molecule has 0 fully saturated rings. The smallest absolute Gasteiger partial charge is 1.00 e. The van der Waals surface area contributed by atoms with Crippen molar-refractivity contribution in [3.63, 3.8) is 0 Å². The second-order valence-corrected chi connectivity index (χ2v) is 3.50. The molecule has 0 aliphatic heterocycles. The van der Waals surface area contributed by atoms with Crippen LogP contribution in [0.15, 0.2) is 0 Å². The van der Waals surface area contributed by atoms with Crippen molar-refractivity contribution in [1.29, 1.82) is 0 Å². The first-order chi connectivity index (χ1) is 4.67. The van der Waals surface area contributed by atoms with E-state index >= 15 is 0 Å². The minimum Gasteiger partial charge on any atom is -1.00 e. The molecule has 1 unspecified atom stereocenters. The average Bonchev–Trinajstić information content (AvgIpc) is 1.56. The first-order valence-electron chi connectivity index (χ1n) is 1.77. The summed E-state index contributed by atoms with van der Waals surface area (Å²) in [7, 11) is -6.01. The van der Waals surface area contributed by atoms with Gasteiger partial charge in [-0.2, -0.15) is 25.2 Å². The minimum atomic E-state index is -6.01. The van der Waals surface area contributed by atoms with Crippen molar-refractivity contribution in [2.45, 2.75) is 5.51 Å². The molecule has 12 heavy (non-hydrogen) atoms. The van der Waals surface area contributed by atoms with Crippen LogP contribution < -0.4 is 18.9 Å². The Morgan fingerprint density at radius 1 is 1.42 bits per heavy atom. The Morgan fingerprint density at radius 2 is 1.75 bits per heavy atom. The van der Waals surface area contributed by atoms with Crippen LogP contribution in [0.5, 0.6) is 0 Å². The van der Waals surface area contributed by atoms with Crippen molar-refractivity contribution in [2.24, 2.45) is 0 Å². The molecule has 0 amide bonds. The molecular weight excluding hydrogens is 220 g/mol. The fraction of sp³-hybridized carbons (Fsp3) is 1.00. The third-order valence-corrected chi connectivity index (χ3v) is 2.16. The summed E-state index contributed by atoms with van der Waals surface area (Å²) in [6.07, 6.45) is 0. The maximum atomic E-state index is 11.2. The molecule has 70 valence electrons. The second kappa shape index (κ2) is 4.59. The Kier molecular flexibility index (Phi) is 5.70. The van der Waals surface area contributed by atoms with Gasteiger partial charge < -0.3 is 5.98 Å². The number of halogens is 3. The van der Waals surface area contributed by atoms with Gasteiger partial charge in [-0.3, -0.25) is 0 Å². The minimum absolute atomic E-state index is 0. The Morgan fingerprint density at radius 3 is 1.83 bits per heavy atom. The molecule has 1 atom stereocenters. The summed E-state index contributed by atoms with van der Waals surface area (Å²) in [5, 5.41) is 0. The quantitative estimate of drug-likeness (QED) is 0.278. The fourth-order valence-corrected chi connectivity index (χ4v) is 1.01. The van der Waals surface area contributed by atoms with Crippen LogP contribution in [0.2, 0.25) is 0 Å². The molecular formula is CHF3LiO5S2-. The van der Waals surface area contributed by atoms with Gasteiger partial charge in [0, 0.05) is 0 Å². The van der Waals surface area contributed by atoms with Crippen LogP contribution in [0.1, 0.15) is 1.43 Å². The summed E-state index contributed by atoms with van der Waals surface area (Å²) in [5.41, 5.74) is -5.72. The van der Waals surface area contributed by atoms with E-state index in [1.54, 1.807) is 0 Å². The Hall–Kier alpha value is 0.407. The summed E-state index contributed by atoms with van der Waals surface area (Å²) in [5.74, 6) is 0. The zero-order valence-corrected chi connectivity index (χ0v) is 7.12. The van der Waals surface area contributed by atoms with Gasteiger partial charge in [-0.15, -0.1) is 0 Å². The van der Waals surface area contributed by atoms with E-state index in [1.165, 1.54) is 0 Å². The maximum absolute atomic E-state index is 11.2. The second-order valence-electron chi connectivity index (χ2n) is 1.17. The number of alkyl halides is 3. The van der Waals surface area contributed by atoms with Gasteiger partial charge in [-0.1, -0.05) is 0 Å². The molecule has 0 bridgehead atoms.